The Balaban J connectivity index is 0.949. The van der Waals surface area contributed by atoms with Gasteiger partial charge >= 0.3 is 5.97 Å². The van der Waals surface area contributed by atoms with E-state index in [-0.39, 0.29) is 18.4 Å². The van der Waals surface area contributed by atoms with E-state index < -0.39 is 18.1 Å². The first-order valence-electron chi connectivity index (χ1n) is 17.1. The predicted molar refractivity (Wildman–Crippen MR) is 201 cm³/mol. The van der Waals surface area contributed by atoms with E-state index in [1.54, 1.807) is 24.3 Å². The van der Waals surface area contributed by atoms with Gasteiger partial charge in [-0.1, -0.05) is 77.8 Å². The van der Waals surface area contributed by atoms with Gasteiger partial charge in [-0.3, -0.25) is 4.79 Å². The molecule has 1 unspecified atom stereocenters. The summed E-state index contributed by atoms with van der Waals surface area (Å²) in [6.45, 7) is 1.13. The third-order valence-corrected chi connectivity index (χ3v) is 10.1. The minimum Gasteiger partial charge on any atom is -0.489 e. The molecule has 0 bridgehead atoms. The van der Waals surface area contributed by atoms with Crippen LogP contribution in [0.2, 0.25) is 10.0 Å². The van der Waals surface area contributed by atoms with Crippen LogP contribution in [-0.4, -0.2) is 37.7 Å². The van der Waals surface area contributed by atoms with Gasteiger partial charge < -0.3 is 29.6 Å². The normalized spacial score (nSPS) is 16.4. The highest BCUT2D eigenvalue weighted by molar-refractivity contribution is 6.42. The zero-order valence-electron chi connectivity index (χ0n) is 28.7. The fourth-order valence-corrected chi connectivity index (χ4v) is 6.74. The Morgan fingerprint density at radius 2 is 1.58 bits per heavy atom. The lowest BCUT2D eigenvalue weighted by atomic mass is 9.94. The smallest absolute Gasteiger partial charge is 0.328 e. The van der Waals surface area contributed by atoms with E-state index in [9.17, 15) is 9.59 Å². The Morgan fingerprint density at radius 1 is 0.887 bits per heavy atom. The maximum Gasteiger partial charge on any atom is 0.328 e. The van der Waals surface area contributed by atoms with E-state index in [0.29, 0.717) is 59.0 Å². The fraction of sp³-hybridized carbons (Fsp3) is 0.214. The second kappa shape index (κ2) is 16.0. The minimum atomic E-state index is -0.864. The summed E-state index contributed by atoms with van der Waals surface area (Å²) in [5, 5.41) is 16.3. The molecule has 0 fully saturated rings. The highest BCUT2D eigenvalue weighted by Gasteiger charge is 2.31. The number of ether oxygens (including phenoxy) is 4. The van der Waals surface area contributed by atoms with E-state index >= 15 is 0 Å². The molecule has 0 radical (unpaired) electrons. The number of nitrogens with one attached hydrogen (secondary N) is 2. The lowest BCUT2D eigenvalue weighted by Gasteiger charge is -2.31. The molecule has 11 heteroatoms. The predicted octanol–water partition coefficient (Wildman–Crippen LogP) is 7.54. The number of amides is 1. The molecule has 2 heterocycles. The third-order valence-electron chi connectivity index (χ3n) is 9.39. The molecule has 0 aliphatic carbocycles. The molecule has 0 aromatic heterocycles. The number of benzene rings is 5. The quantitative estimate of drug-likeness (QED) is 0.141. The number of methoxy groups -OCH3 is 1. The van der Waals surface area contributed by atoms with Crippen LogP contribution in [0.25, 0.3) is 11.1 Å². The first-order chi connectivity index (χ1) is 25.8. The molecule has 2 aliphatic rings. The van der Waals surface area contributed by atoms with Gasteiger partial charge in [0.25, 0.3) is 0 Å². The summed E-state index contributed by atoms with van der Waals surface area (Å²) >= 11 is 12.1. The number of nitrogens with zero attached hydrogens (tertiary/aromatic N) is 1. The van der Waals surface area contributed by atoms with Gasteiger partial charge in [0.15, 0.2) is 17.6 Å². The second-order valence-electron chi connectivity index (χ2n) is 12.9. The summed E-state index contributed by atoms with van der Waals surface area (Å²) in [4.78, 5) is 26.3. The zero-order valence-corrected chi connectivity index (χ0v) is 30.2. The van der Waals surface area contributed by atoms with Crippen molar-refractivity contribution in [2.24, 2.45) is 0 Å². The molecular formula is C42H35Cl2N3O6. The Labute approximate surface area is 317 Å². The number of rotatable bonds is 10. The van der Waals surface area contributed by atoms with Gasteiger partial charge in [0.05, 0.1) is 34.8 Å². The SMILES string of the molecule is COC(=O)[C@H](Cc1ccc(-c2ccc(C#N)cc2)cc1)NC(=O)[C@@H]1Cc2cc3c(cc2CN1)OC(c1ccc(OCc2ccc(Cl)c(Cl)c2)cc1)CO3. The van der Waals surface area contributed by atoms with Gasteiger partial charge in [-0.25, -0.2) is 4.79 Å². The monoisotopic (exact) mass is 747 g/mol. The van der Waals surface area contributed by atoms with Crippen LogP contribution in [-0.2, 0) is 40.3 Å². The van der Waals surface area contributed by atoms with E-state index in [4.69, 9.17) is 47.4 Å². The number of halogens is 2. The molecule has 3 atom stereocenters. The van der Waals surface area contributed by atoms with Crippen molar-refractivity contribution in [2.45, 2.75) is 44.2 Å². The number of hydrogen-bond acceptors (Lipinski definition) is 8. The average molecular weight is 749 g/mol. The van der Waals surface area contributed by atoms with Crippen LogP contribution >= 0.6 is 23.2 Å². The summed E-state index contributed by atoms with van der Waals surface area (Å²) in [6, 6.07) is 32.8. The molecule has 0 spiro atoms. The Bertz CT molecular complexity index is 2170. The molecule has 53 heavy (non-hydrogen) atoms. The van der Waals surface area contributed by atoms with E-state index in [1.165, 1.54) is 7.11 Å². The maximum atomic E-state index is 13.5. The molecule has 268 valence electrons. The number of fused-ring (bicyclic) bond motifs is 2. The minimum absolute atomic E-state index is 0.268. The molecule has 1 amide bonds. The standard InChI is InChI=1S/C42H35Cl2N3O6/c1-50-42(49)37(17-25-2-7-28(8-3-25)29-9-4-26(21-45)5-10-29)47-41(48)36-18-31-19-38-39(20-32(31)22-46-36)53-40(24-52-38)30-11-13-33(14-12-30)51-23-27-6-15-34(43)35(44)16-27/h2-16,19-20,36-37,40,46H,17-18,22-24H2,1H3,(H,47,48)/t36-,37-,40?/m0/s1. The summed E-state index contributed by atoms with van der Waals surface area (Å²) < 4.78 is 23.5. The van der Waals surface area contributed by atoms with Crippen molar-refractivity contribution in [1.82, 2.24) is 10.6 Å². The largest absolute Gasteiger partial charge is 0.489 e. The van der Waals surface area contributed by atoms with Gasteiger partial charge in [0, 0.05) is 13.0 Å². The Hall–Kier alpha value is -5.53. The van der Waals surface area contributed by atoms with Crippen LogP contribution in [0.3, 0.4) is 0 Å². The van der Waals surface area contributed by atoms with Gasteiger partial charge in [-0.2, -0.15) is 5.26 Å². The van der Waals surface area contributed by atoms with E-state index in [2.05, 4.69) is 16.7 Å². The van der Waals surface area contributed by atoms with E-state index in [0.717, 1.165) is 38.9 Å². The molecule has 9 nitrogen and oxygen atoms in total. The number of nitriles is 1. The summed E-state index contributed by atoms with van der Waals surface area (Å²) in [5.41, 5.74) is 7.27. The third kappa shape index (κ3) is 8.42. The van der Waals surface area contributed by atoms with Crippen molar-refractivity contribution in [2.75, 3.05) is 13.7 Å². The van der Waals surface area contributed by atoms with Crippen molar-refractivity contribution < 1.29 is 28.5 Å². The summed E-state index contributed by atoms with van der Waals surface area (Å²) in [5.74, 6) is 1.16. The zero-order chi connectivity index (χ0) is 36.9. The van der Waals surface area contributed by atoms with Gasteiger partial charge in [-0.15, -0.1) is 0 Å². The average Bonchev–Trinajstić information content (AvgIpc) is 3.20. The lowest BCUT2D eigenvalue weighted by molar-refractivity contribution is -0.145. The summed E-state index contributed by atoms with van der Waals surface area (Å²) in [7, 11) is 1.31. The Morgan fingerprint density at radius 3 is 2.28 bits per heavy atom. The number of hydrogen-bond donors (Lipinski definition) is 2. The first-order valence-corrected chi connectivity index (χ1v) is 17.8. The molecule has 5 aromatic rings. The molecule has 2 aliphatic heterocycles. The first kappa shape index (κ1) is 35.9. The summed E-state index contributed by atoms with van der Waals surface area (Å²) in [6.07, 6.45) is 0.379. The van der Waals surface area contributed by atoms with Crippen molar-refractivity contribution in [1.29, 1.82) is 5.26 Å². The topological polar surface area (TPSA) is 119 Å². The van der Waals surface area contributed by atoms with Crippen LogP contribution in [0.4, 0.5) is 0 Å². The van der Waals surface area contributed by atoms with Crippen LogP contribution in [0.15, 0.2) is 103 Å². The number of esters is 1. The van der Waals surface area contributed by atoms with Gasteiger partial charge in [0.2, 0.25) is 5.91 Å². The molecule has 2 N–H and O–H groups in total. The number of carbonyl (C=O) groups excluding carboxylic acids is 2. The van der Waals surface area contributed by atoms with Crippen molar-refractivity contribution in [3.8, 4) is 34.4 Å². The lowest BCUT2D eigenvalue weighted by Crippen LogP contribution is -2.53. The highest BCUT2D eigenvalue weighted by Crippen LogP contribution is 2.40. The van der Waals surface area contributed by atoms with Crippen LogP contribution < -0.4 is 24.8 Å². The van der Waals surface area contributed by atoms with Crippen molar-refractivity contribution >= 4 is 35.1 Å². The molecule has 0 saturated carbocycles. The Kier molecular flexibility index (Phi) is 10.8. The van der Waals surface area contributed by atoms with Crippen LogP contribution in [0, 0.1) is 11.3 Å². The van der Waals surface area contributed by atoms with Crippen molar-refractivity contribution in [3.63, 3.8) is 0 Å². The molecule has 5 aromatic carbocycles. The van der Waals surface area contributed by atoms with E-state index in [1.807, 2.05) is 78.9 Å². The molecule has 7 rings (SSSR count). The van der Waals surface area contributed by atoms with Gasteiger partial charge in [-0.05, 0) is 93.9 Å². The molecule has 0 saturated heterocycles. The fourth-order valence-electron chi connectivity index (χ4n) is 6.42. The second-order valence-corrected chi connectivity index (χ2v) is 13.7. The van der Waals surface area contributed by atoms with Crippen LogP contribution in [0.5, 0.6) is 17.2 Å². The molecular weight excluding hydrogens is 713 g/mol. The number of carbonyl (C=O) groups is 2. The highest BCUT2D eigenvalue weighted by atomic mass is 35.5. The van der Waals surface area contributed by atoms with Crippen LogP contribution in [0.1, 0.15) is 39.5 Å². The maximum absolute atomic E-state index is 13.5. The van der Waals surface area contributed by atoms with Crippen molar-refractivity contribution in [3.05, 3.63) is 147 Å². The van der Waals surface area contributed by atoms with Gasteiger partial charge in [0.1, 0.15) is 25.0 Å².